The number of benzene rings is 2. The summed E-state index contributed by atoms with van der Waals surface area (Å²) in [6, 6.07) is 20.6. The van der Waals surface area contributed by atoms with Gasteiger partial charge in [0.25, 0.3) is 0 Å². The third kappa shape index (κ3) is 5.68. The van der Waals surface area contributed by atoms with Crippen molar-refractivity contribution >= 4 is 21.3 Å². The van der Waals surface area contributed by atoms with Gasteiger partial charge in [0.2, 0.25) is 11.2 Å². The molecule has 0 fully saturated rings. The van der Waals surface area contributed by atoms with E-state index in [2.05, 4.69) is 24.3 Å². The van der Waals surface area contributed by atoms with Crippen LogP contribution in [0.4, 0.5) is 39.5 Å². The SMILES string of the molecule is CO[S+](c1ccccc1)c1ccccc1.O=S(=O)([O-])C(F)(F)C(F)(F)C(F)(F)C(F)(F)F. The summed E-state index contributed by atoms with van der Waals surface area (Å²) in [6.45, 7) is 0. The van der Waals surface area contributed by atoms with E-state index in [1.165, 1.54) is 9.79 Å². The topological polar surface area (TPSA) is 66.4 Å². The van der Waals surface area contributed by atoms with Gasteiger partial charge in [-0.25, -0.2) is 8.42 Å². The van der Waals surface area contributed by atoms with Crippen molar-refractivity contribution in [3.05, 3.63) is 60.7 Å². The van der Waals surface area contributed by atoms with E-state index in [-0.39, 0.29) is 11.2 Å². The normalized spacial score (nSPS) is 13.5. The maximum absolute atomic E-state index is 12.2. The number of alkyl halides is 9. The molecule has 0 saturated heterocycles. The van der Waals surface area contributed by atoms with Gasteiger partial charge in [-0.3, -0.25) is 0 Å². The van der Waals surface area contributed by atoms with Crippen molar-refractivity contribution in [2.75, 3.05) is 7.11 Å². The average Bonchev–Trinajstić information content (AvgIpc) is 2.69. The lowest BCUT2D eigenvalue weighted by Crippen LogP contribution is -2.63. The maximum Gasteiger partial charge on any atom is 0.460 e. The summed E-state index contributed by atoms with van der Waals surface area (Å²) < 4.78 is 141. The van der Waals surface area contributed by atoms with Crippen LogP contribution in [-0.4, -0.2) is 43.4 Å². The fourth-order valence-electron chi connectivity index (χ4n) is 1.93. The van der Waals surface area contributed by atoms with Gasteiger partial charge in [0.05, 0.1) is 7.11 Å². The van der Waals surface area contributed by atoms with E-state index in [0.29, 0.717) is 0 Å². The number of hydrogen-bond acceptors (Lipinski definition) is 4. The zero-order valence-corrected chi connectivity index (χ0v) is 17.3. The molecule has 0 aromatic heterocycles. The summed E-state index contributed by atoms with van der Waals surface area (Å²) in [5, 5.41) is -7.11. The molecule has 15 heteroatoms. The average molecular weight is 516 g/mol. The highest BCUT2D eigenvalue weighted by molar-refractivity contribution is 7.92. The Morgan fingerprint density at radius 2 is 1.06 bits per heavy atom. The van der Waals surface area contributed by atoms with E-state index in [0.717, 1.165) is 0 Å². The van der Waals surface area contributed by atoms with E-state index >= 15 is 0 Å². The second-order valence-electron chi connectivity index (χ2n) is 5.68. The molecule has 0 aliphatic heterocycles. The van der Waals surface area contributed by atoms with Gasteiger partial charge in [-0.2, -0.15) is 43.7 Å². The van der Waals surface area contributed by atoms with Crippen molar-refractivity contribution in [2.45, 2.75) is 33.1 Å². The zero-order chi connectivity index (χ0) is 25.0. The van der Waals surface area contributed by atoms with Crippen LogP contribution in [-0.2, 0) is 25.5 Å². The van der Waals surface area contributed by atoms with Crippen LogP contribution in [0.15, 0.2) is 70.5 Å². The summed E-state index contributed by atoms with van der Waals surface area (Å²) in [5.74, 6) is -14.8. The van der Waals surface area contributed by atoms with Gasteiger partial charge in [0, 0.05) is 0 Å². The molecule has 0 N–H and O–H groups in total. The maximum atomic E-state index is 12.2. The molecule has 0 radical (unpaired) electrons. The van der Waals surface area contributed by atoms with Gasteiger partial charge in [0.15, 0.2) is 19.9 Å². The van der Waals surface area contributed by atoms with Crippen molar-refractivity contribution in [1.82, 2.24) is 0 Å². The Bertz CT molecular complexity index is 927. The molecule has 0 aliphatic rings. The van der Waals surface area contributed by atoms with E-state index in [1.54, 1.807) is 7.11 Å². The summed E-state index contributed by atoms with van der Waals surface area (Å²) in [4.78, 5) is 2.43. The molecule has 0 saturated carbocycles. The molecule has 180 valence electrons. The molecule has 0 spiro atoms. The van der Waals surface area contributed by atoms with Crippen LogP contribution in [0.1, 0.15) is 0 Å². The lowest BCUT2D eigenvalue weighted by molar-refractivity contribution is -0.382. The molecule has 32 heavy (non-hydrogen) atoms. The fourth-order valence-corrected chi connectivity index (χ4v) is 3.84. The van der Waals surface area contributed by atoms with Gasteiger partial charge in [0.1, 0.15) is 0 Å². The van der Waals surface area contributed by atoms with Gasteiger partial charge in [-0.05, 0) is 24.3 Å². The predicted octanol–water partition coefficient (Wildman–Crippen LogP) is 5.24. The van der Waals surface area contributed by atoms with Crippen molar-refractivity contribution in [3.63, 3.8) is 0 Å². The second kappa shape index (κ2) is 9.89. The first-order chi connectivity index (χ1) is 14.4. The highest BCUT2D eigenvalue weighted by atomic mass is 32.2. The van der Waals surface area contributed by atoms with Crippen LogP contribution in [0.2, 0.25) is 0 Å². The van der Waals surface area contributed by atoms with E-state index in [4.69, 9.17) is 4.18 Å². The molecular weight excluding hydrogens is 503 g/mol. The summed E-state index contributed by atoms with van der Waals surface area (Å²) in [7, 11) is -5.66. The van der Waals surface area contributed by atoms with Crippen molar-refractivity contribution in [2.24, 2.45) is 0 Å². The Morgan fingerprint density at radius 1 is 0.719 bits per heavy atom. The summed E-state index contributed by atoms with van der Waals surface area (Å²) >= 11 is -0.258. The number of hydrogen-bond donors (Lipinski definition) is 0. The quantitative estimate of drug-likeness (QED) is 0.299. The van der Waals surface area contributed by atoms with Gasteiger partial charge in [-0.1, -0.05) is 36.4 Å². The molecule has 0 aliphatic carbocycles. The molecule has 0 heterocycles. The van der Waals surface area contributed by atoms with Crippen molar-refractivity contribution in [1.29, 1.82) is 0 Å². The molecule has 0 bridgehead atoms. The second-order valence-corrected chi connectivity index (χ2v) is 8.91. The van der Waals surface area contributed by atoms with Crippen LogP contribution < -0.4 is 0 Å². The number of rotatable bonds is 6. The molecule has 4 nitrogen and oxygen atoms in total. The van der Waals surface area contributed by atoms with Crippen LogP contribution >= 0.6 is 0 Å². The van der Waals surface area contributed by atoms with Crippen LogP contribution in [0.5, 0.6) is 0 Å². The van der Waals surface area contributed by atoms with E-state index in [1.807, 2.05) is 36.4 Å². The minimum Gasteiger partial charge on any atom is -0.743 e. The lowest BCUT2D eigenvalue weighted by atomic mass is 10.1. The summed E-state index contributed by atoms with van der Waals surface area (Å²) in [5.41, 5.74) is 0. The Morgan fingerprint density at radius 3 is 1.31 bits per heavy atom. The highest BCUT2D eigenvalue weighted by Gasteiger charge is 2.83. The predicted molar refractivity (Wildman–Crippen MR) is 94.4 cm³/mol. The Labute approximate surface area is 179 Å². The van der Waals surface area contributed by atoms with Gasteiger partial charge >= 0.3 is 23.3 Å². The molecule has 0 atom stereocenters. The van der Waals surface area contributed by atoms with E-state index in [9.17, 15) is 52.5 Å². The lowest BCUT2D eigenvalue weighted by Gasteiger charge is -2.34. The molecule has 2 rings (SSSR count). The Kier molecular flexibility index (Phi) is 8.67. The zero-order valence-electron chi connectivity index (χ0n) is 15.6. The molecule has 0 amide bonds. The fraction of sp³-hybridized carbons (Fsp3) is 0.294. The van der Waals surface area contributed by atoms with Gasteiger partial charge < -0.3 is 4.55 Å². The first kappa shape index (κ1) is 28.1. The first-order valence-corrected chi connectivity index (χ1v) is 10.5. The monoisotopic (exact) mass is 516 g/mol. The smallest absolute Gasteiger partial charge is 0.460 e. The molecule has 0 unspecified atom stereocenters. The summed E-state index contributed by atoms with van der Waals surface area (Å²) in [6.07, 6.45) is -7.16. The minimum absolute atomic E-state index is 0.258. The van der Waals surface area contributed by atoms with Gasteiger partial charge in [-0.15, -0.1) is 0 Å². The molecule has 2 aromatic rings. The van der Waals surface area contributed by atoms with Crippen molar-refractivity contribution in [3.8, 4) is 0 Å². The third-order valence-corrected chi connectivity index (χ3v) is 6.13. The largest absolute Gasteiger partial charge is 0.743 e. The van der Waals surface area contributed by atoms with E-state index < -0.39 is 33.4 Å². The van der Waals surface area contributed by atoms with Crippen LogP contribution in [0.25, 0.3) is 0 Å². The van der Waals surface area contributed by atoms with Crippen LogP contribution in [0, 0.1) is 0 Å². The van der Waals surface area contributed by atoms with Crippen molar-refractivity contribution < 1.29 is 56.7 Å². The number of halogens is 9. The first-order valence-electron chi connectivity index (χ1n) is 7.96. The highest BCUT2D eigenvalue weighted by Crippen LogP contribution is 2.54. The molecule has 2 aromatic carbocycles. The molecular formula is C17H13F9O4S2. The standard InChI is InChI=1S/C13H13OS.C4HF9O3S/c1-14-15(12-8-4-2-5-9-12)13-10-6-3-7-11-13;5-1(6,3(9,10)11)2(7,8)4(12,13)17(14,15)16/h2-11H,1H3;(H,14,15,16)/q+1;/p-1. The Hall–Kier alpha value is -1.97. The third-order valence-electron chi connectivity index (χ3n) is 3.51. The minimum atomic E-state index is -7.43. The van der Waals surface area contributed by atoms with Crippen LogP contribution in [0.3, 0.4) is 0 Å². The Balaban J connectivity index is 0.000000321.